The molecule has 0 amide bonds. The van der Waals surface area contributed by atoms with Crippen molar-refractivity contribution in [2.45, 2.75) is 20.3 Å². The van der Waals surface area contributed by atoms with Crippen LogP contribution in [0.4, 0.5) is 0 Å². The second-order valence-corrected chi connectivity index (χ2v) is 3.86. The third-order valence-electron chi connectivity index (χ3n) is 2.47. The molecule has 108 valence electrons. The third kappa shape index (κ3) is 3.81. The largest absolute Gasteiger partial charge is 0.493 e. The van der Waals surface area contributed by atoms with Crippen LogP contribution in [0.15, 0.2) is 12.1 Å². The summed E-state index contributed by atoms with van der Waals surface area (Å²) in [5.41, 5.74) is 0.517. The molecule has 0 spiro atoms. The molecule has 1 aromatic carbocycles. The summed E-state index contributed by atoms with van der Waals surface area (Å²) in [4.78, 5) is 33.8. The highest BCUT2D eigenvalue weighted by Gasteiger charge is 2.19. The summed E-state index contributed by atoms with van der Waals surface area (Å²) in [6.07, 6.45) is 0.440. The lowest BCUT2D eigenvalue weighted by molar-refractivity contribution is -0.142. The van der Waals surface area contributed by atoms with Gasteiger partial charge in [0, 0.05) is 6.92 Å². The molecule has 0 fully saturated rings. The van der Waals surface area contributed by atoms with Crippen molar-refractivity contribution in [2.75, 3.05) is 13.7 Å². The molecular formula is C14H16O6. The zero-order valence-electron chi connectivity index (χ0n) is 11.6. The maximum absolute atomic E-state index is 11.5. The summed E-state index contributed by atoms with van der Waals surface area (Å²) < 4.78 is 14.9. The van der Waals surface area contributed by atoms with Crippen molar-refractivity contribution in [3.63, 3.8) is 0 Å². The smallest absolute Gasteiger partial charge is 0.310 e. The molecule has 0 aromatic heterocycles. The second kappa shape index (κ2) is 7.28. The Morgan fingerprint density at radius 1 is 1.30 bits per heavy atom. The van der Waals surface area contributed by atoms with E-state index in [0.717, 1.165) is 0 Å². The number of aldehydes is 1. The molecule has 0 aliphatic rings. The number of benzene rings is 1. The van der Waals surface area contributed by atoms with Crippen LogP contribution in [0.5, 0.6) is 11.5 Å². The lowest BCUT2D eigenvalue weighted by Crippen LogP contribution is -2.12. The molecule has 0 atom stereocenters. The SMILES string of the molecule is CCOC(=O)Cc1ccc(OC)c(OC(C)=O)c1C=O. The number of hydrogen-bond donors (Lipinski definition) is 0. The lowest BCUT2D eigenvalue weighted by atomic mass is 10.0. The van der Waals surface area contributed by atoms with E-state index in [4.69, 9.17) is 14.2 Å². The van der Waals surface area contributed by atoms with Crippen molar-refractivity contribution in [3.8, 4) is 11.5 Å². The first-order chi connectivity index (χ1) is 9.53. The molecule has 0 saturated carbocycles. The van der Waals surface area contributed by atoms with E-state index in [1.165, 1.54) is 20.1 Å². The van der Waals surface area contributed by atoms with E-state index in [0.29, 0.717) is 11.8 Å². The van der Waals surface area contributed by atoms with Gasteiger partial charge in [-0.15, -0.1) is 0 Å². The molecule has 0 unspecified atom stereocenters. The predicted molar refractivity (Wildman–Crippen MR) is 70.0 cm³/mol. The Kier molecular flexibility index (Phi) is 5.71. The Hall–Kier alpha value is -2.37. The van der Waals surface area contributed by atoms with Gasteiger partial charge in [0.2, 0.25) is 0 Å². The molecule has 1 aromatic rings. The molecule has 0 N–H and O–H groups in total. The number of ether oxygens (including phenoxy) is 3. The first kappa shape index (κ1) is 15.7. The summed E-state index contributed by atoms with van der Waals surface area (Å²) in [6, 6.07) is 3.09. The van der Waals surface area contributed by atoms with Gasteiger partial charge in [0.25, 0.3) is 0 Å². The monoisotopic (exact) mass is 280 g/mol. The van der Waals surface area contributed by atoms with Crippen molar-refractivity contribution >= 4 is 18.2 Å². The molecule has 0 aliphatic heterocycles. The zero-order chi connectivity index (χ0) is 15.1. The minimum Gasteiger partial charge on any atom is -0.493 e. The minimum absolute atomic E-state index is 0.0109. The lowest BCUT2D eigenvalue weighted by Gasteiger charge is -2.13. The number of carbonyl (C=O) groups is 3. The van der Waals surface area contributed by atoms with E-state index in [-0.39, 0.29) is 30.1 Å². The first-order valence-corrected chi connectivity index (χ1v) is 6.02. The summed E-state index contributed by atoms with van der Waals surface area (Å²) >= 11 is 0. The fourth-order valence-electron chi connectivity index (χ4n) is 1.68. The number of esters is 2. The highest BCUT2D eigenvalue weighted by Crippen LogP contribution is 2.33. The van der Waals surface area contributed by atoms with Crippen LogP contribution in [0.3, 0.4) is 0 Å². The zero-order valence-corrected chi connectivity index (χ0v) is 11.6. The number of hydrogen-bond acceptors (Lipinski definition) is 6. The van der Waals surface area contributed by atoms with Crippen LogP contribution in [0.1, 0.15) is 29.8 Å². The van der Waals surface area contributed by atoms with Crippen molar-refractivity contribution in [1.82, 2.24) is 0 Å². The van der Waals surface area contributed by atoms with E-state index in [2.05, 4.69) is 0 Å². The number of methoxy groups -OCH3 is 1. The van der Waals surface area contributed by atoms with Gasteiger partial charge >= 0.3 is 11.9 Å². The van der Waals surface area contributed by atoms with Crippen LogP contribution in [-0.2, 0) is 20.7 Å². The predicted octanol–water partition coefficient (Wildman–Crippen LogP) is 1.54. The average Bonchev–Trinajstić information content (AvgIpc) is 2.39. The van der Waals surface area contributed by atoms with Gasteiger partial charge in [-0.25, -0.2) is 0 Å². The van der Waals surface area contributed by atoms with Crippen molar-refractivity contribution in [1.29, 1.82) is 0 Å². The van der Waals surface area contributed by atoms with Gasteiger partial charge in [-0.1, -0.05) is 6.07 Å². The third-order valence-corrected chi connectivity index (χ3v) is 2.47. The molecule has 0 bridgehead atoms. The van der Waals surface area contributed by atoms with Gasteiger partial charge in [0.1, 0.15) is 0 Å². The maximum Gasteiger partial charge on any atom is 0.310 e. The highest BCUT2D eigenvalue weighted by atomic mass is 16.6. The van der Waals surface area contributed by atoms with Gasteiger partial charge < -0.3 is 14.2 Å². The van der Waals surface area contributed by atoms with Crippen LogP contribution < -0.4 is 9.47 Å². The first-order valence-electron chi connectivity index (χ1n) is 6.02. The van der Waals surface area contributed by atoms with E-state index < -0.39 is 11.9 Å². The summed E-state index contributed by atoms with van der Waals surface area (Å²) in [5, 5.41) is 0. The van der Waals surface area contributed by atoms with Crippen molar-refractivity contribution < 1.29 is 28.6 Å². The van der Waals surface area contributed by atoms with Crippen LogP contribution in [0, 0.1) is 0 Å². The van der Waals surface area contributed by atoms with E-state index in [1.54, 1.807) is 13.0 Å². The number of rotatable bonds is 6. The van der Waals surface area contributed by atoms with Crippen molar-refractivity contribution in [2.24, 2.45) is 0 Å². The average molecular weight is 280 g/mol. The Morgan fingerprint density at radius 3 is 2.50 bits per heavy atom. The second-order valence-electron chi connectivity index (χ2n) is 3.86. The maximum atomic E-state index is 11.5. The molecule has 20 heavy (non-hydrogen) atoms. The van der Waals surface area contributed by atoms with Crippen molar-refractivity contribution in [3.05, 3.63) is 23.3 Å². The Balaban J connectivity index is 3.22. The molecule has 1 rings (SSSR count). The Bertz CT molecular complexity index is 521. The molecule has 6 heteroatoms. The quantitative estimate of drug-likeness (QED) is 0.447. The molecule has 6 nitrogen and oxygen atoms in total. The fraction of sp³-hybridized carbons (Fsp3) is 0.357. The van der Waals surface area contributed by atoms with Gasteiger partial charge in [-0.05, 0) is 18.6 Å². The van der Waals surface area contributed by atoms with E-state index in [9.17, 15) is 14.4 Å². The molecule has 0 heterocycles. The molecule has 0 radical (unpaired) electrons. The van der Waals surface area contributed by atoms with Crippen LogP contribution in [0.25, 0.3) is 0 Å². The van der Waals surface area contributed by atoms with Crippen LogP contribution >= 0.6 is 0 Å². The molecule has 0 aliphatic carbocycles. The molecule has 0 saturated heterocycles. The fourth-order valence-corrected chi connectivity index (χ4v) is 1.68. The highest BCUT2D eigenvalue weighted by molar-refractivity contribution is 5.88. The Labute approximate surface area is 116 Å². The van der Waals surface area contributed by atoms with Gasteiger partial charge in [0.05, 0.1) is 25.7 Å². The summed E-state index contributed by atoms with van der Waals surface area (Å²) in [7, 11) is 1.39. The van der Waals surface area contributed by atoms with E-state index >= 15 is 0 Å². The normalized spacial score (nSPS) is 9.75. The van der Waals surface area contributed by atoms with Gasteiger partial charge in [-0.3, -0.25) is 14.4 Å². The Morgan fingerprint density at radius 2 is 2.00 bits per heavy atom. The molecular weight excluding hydrogens is 264 g/mol. The van der Waals surface area contributed by atoms with Crippen LogP contribution in [-0.4, -0.2) is 31.9 Å². The number of carbonyl (C=O) groups excluding carboxylic acids is 3. The minimum atomic E-state index is -0.584. The van der Waals surface area contributed by atoms with Crippen LogP contribution in [0.2, 0.25) is 0 Å². The topological polar surface area (TPSA) is 78.9 Å². The van der Waals surface area contributed by atoms with E-state index in [1.807, 2.05) is 0 Å². The summed E-state index contributed by atoms with van der Waals surface area (Å²) in [5.74, 6) is -0.791. The van der Waals surface area contributed by atoms with Gasteiger partial charge in [-0.2, -0.15) is 0 Å². The standard InChI is InChI=1S/C14H16O6/c1-4-19-13(17)7-10-5-6-12(18-3)14(11(10)8-15)20-9(2)16/h5-6,8H,4,7H2,1-3H3. The summed E-state index contributed by atoms with van der Waals surface area (Å²) in [6.45, 7) is 3.16. The van der Waals surface area contributed by atoms with Gasteiger partial charge in [0.15, 0.2) is 17.8 Å².